The van der Waals surface area contributed by atoms with Crippen molar-refractivity contribution in [2.75, 3.05) is 0 Å². The van der Waals surface area contributed by atoms with E-state index in [0.29, 0.717) is 26.6 Å². The summed E-state index contributed by atoms with van der Waals surface area (Å²) in [7, 11) is 0. The van der Waals surface area contributed by atoms with E-state index < -0.39 is 5.92 Å². The van der Waals surface area contributed by atoms with Crippen molar-refractivity contribution in [3.63, 3.8) is 0 Å². The summed E-state index contributed by atoms with van der Waals surface area (Å²) in [6.45, 7) is 8.48. The van der Waals surface area contributed by atoms with Gasteiger partial charge in [0.05, 0.1) is 33.7 Å². The highest BCUT2D eigenvalue weighted by molar-refractivity contribution is 7.07. The van der Waals surface area contributed by atoms with Crippen LogP contribution in [-0.4, -0.2) is 4.57 Å². The van der Waals surface area contributed by atoms with E-state index in [1.165, 1.54) is 27.0 Å². The monoisotopic (exact) mass is 466 g/mol. The predicted octanol–water partition coefficient (Wildman–Crippen LogP) is 4.11. The lowest BCUT2D eigenvalue weighted by molar-refractivity contribution is 0.861. The zero-order valence-electron chi connectivity index (χ0n) is 19.7. The van der Waals surface area contributed by atoms with E-state index in [0.717, 1.165) is 11.1 Å². The Kier molecular flexibility index (Phi) is 6.28. The van der Waals surface area contributed by atoms with Gasteiger partial charge in [-0.2, -0.15) is 10.5 Å². The number of nitrogens with zero attached hydrogens (tertiary/aromatic N) is 3. The standard InChI is InChI=1S/C28H26N4OS/c1-16(2)19-7-5-18(6-8-19)13-24-27(33)32-26(31)22(14-29)25(23(15-30)28(32)34-24)21-11-9-20(10-12-21)17(3)4/h5-13,16-17,25H,31H2,1-4H3/b24-13-/t25-/m1/s1. The van der Waals surface area contributed by atoms with Crippen LogP contribution in [0.25, 0.3) is 17.5 Å². The molecule has 1 aliphatic heterocycles. The molecule has 0 aliphatic carbocycles. The van der Waals surface area contributed by atoms with Gasteiger partial charge in [-0.15, -0.1) is 11.3 Å². The Morgan fingerprint density at radius 1 is 0.912 bits per heavy atom. The van der Waals surface area contributed by atoms with Gasteiger partial charge in [0.1, 0.15) is 10.5 Å². The largest absolute Gasteiger partial charge is 0.384 e. The minimum atomic E-state index is -0.604. The molecule has 0 amide bonds. The summed E-state index contributed by atoms with van der Waals surface area (Å²) in [5.41, 5.74) is 10.7. The minimum absolute atomic E-state index is 0.0884. The quantitative estimate of drug-likeness (QED) is 0.626. The van der Waals surface area contributed by atoms with Crippen LogP contribution in [0.3, 0.4) is 0 Å². The van der Waals surface area contributed by atoms with E-state index in [2.05, 4.69) is 39.8 Å². The van der Waals surface area contributed by atoms with Crippen LogP contribution >= 0.6 is 11.3 Å². The number of nitriles is 2. The van der Waals surface area contributed by atoms with Crippen molar-refractivity contribution >= 4 is 28.8 Å². The molecular formula is C28H26N4OS. The molecule has 1 aromatic heterocycles. The Bertz CT molecular complexity index is 1540. The lowest BCUT2D eigenvalue weighted by Gasteiger charge is -2.22. The molecule has 170 valence electrons. The van der Waals surface area contributed by atoms with Crippen LogP contribution in [0, 0.1) is 22.7 Å². The molecule has 6 heteroatoms. The van der Waals surface area contributed by atoms with Gasteiger partial charge in [-0.05, 0) is 40.2 Å². The topological polar surface area (TPSA) is 95.6 Å². The third-order valence-electron chi connectivity index (χ3n) is 6.23. The molecule has 3 aromatic rings. The number of aromatic nitrogens is 1. The van der Waals surface area contributed by atoms with Crippen LogP contribution < -0.4 is 20.5 Å². The lowest BCUT2D eigenvalue weighted by atomic mass is 9.83. The third kappa shape index (κ3) is 3.98. The Morgan fingerprint density at radius 2 is 1.44 bits per heavy atom. The van der Waals surface area contributed by atoms with E-state index in [1.54, 1.807) is 0 Å². The van der Waals surface area contributed by atoms with E-state index in [9.17, 15) is 15.3 Å². The molecule has 0 saturated heterocycles. The maximum atomic E-state index is 13.3. The van der Waals surface area contributed by atoms with E-state index in [1.807, 2.05) is 54.6 Å². The molecule has 2 heterocycles. The number of benzene rings is 2. The number of thiazole rings is 1. The van der Waals surface area contributed by atoms with Gasteiger partial charge in [0.15, 0.2) is 0 Å². The molecule has 5 nitrogen and oxygen atoms in total. The normalized spacial score (nSPS) is 16.1. The number of fused-ring (bicyclic) bond motifs is 1. The van der Waals surface area contributed by atoms with Gasteiger partial charge in [0.2, 0.25) is 0 Å². The van der Waals surface area contributed by atoms with Gasteiger partial charge < -0.3 is 5.73 Å². The SMILES string of the molecule is CC(C)c1ccc(/C=c2\sc3n(c2=O)C(N)=C(C#N)[C@@H](c2ccc(C(C)C)cc2)C=3C#N)cc1. The van der Waals surface area contributed by atoms with Crippen molar-refractivity contribution in [3.8, 4) is 12.1 Å². The molecule has 2 N–H and O–H groups in total. The van der Waals surface area contributed by atoms with Gasteiger partial charge in [0, 0.05) is 0 Å². The molecule has 0 fully saturated rings. The van der Waals surface area contributed by atoms with Crippen LogP contribution in [0.2, 0.25) is 0 Å². The minimum Gasteiger partial charge on any atom is -0.384 e. The number of nitrogens with two attached hydrogens (primary N) is 1. The molecule has 0 bridgehead atoms. The van der Waals surface area contributed by atoms with E-state index in [-0.39, 0.29) is 17.0 Å². The summed E-state index contributed by atoms with van der Waals surface area (Å²) >= 11 is 1.23. The van der Waals surface area contributed by atoms with E-state index >= 15 is 0 Å². The molecule has 0 unspecified atom stereocenters. The summed E-state index contributed by atoms with van der Waals surface area (Å²) in [5.74, 6) is 0.270. The highest BCUT2D eigenvalue weighted by atomic mass is 32.1. The molecular weight excluding hydrogens is 440 g/mol. The second-order valence-corrected chi connectivity index (χ2v) is 10.1. The smallest absolute Gasteiger partial charge is 0.274 e. The van der Waals surface area contributed by atoms with Crippen molar-refractivity contribution in [2.45, 2.75) is 45.4 Å². The highest BCUT2D eigenvalue weighted by Gasteiger charge is 2.32. The summed E-state index contributed by atoms with van der Waals surface area (Å²) in [4.78, 5) is 13.3. The van der Waals surface area contributed by atoms with Gasteiger partial charge in [-0.3, -0.25) is 9.36 Å². The number of hydrogen-bond donors (Lipinski definition) is 1. The Balaban J connectivity index is 1.94. The molecule has 1 atom stereocenters. The summed E-state index contributed by atoms with van der Waals surface area (Å²) in [5, 5.41) is 20.1. The third-order valence-corrected chi connectivity index (χ3v) is 7.33. The second-order valence-electron chi connectivity index (χ2n) is 9.07. The fraction of sp³-hybridized carbons (Fsp3) is 0.250. The van der Waals surface area contributed by atoms with Crippen LogP contribution in [-0.2, 0) is 0 Å². The average Bonchev–Trinajstić information content (AvgIpc) is 3.15. The Hall–Kier alpha value is -3.87. The number of allylic oxidation sites excluding steroid dienone is 1. The first-order valence-corrected chi connectivity index (χ1v) is 12.1. The zero-order valence-corrected chi connectivity index (χ0v) is 20.5. The van der Waals surface area contributed by atoms with Crippen LogP contribution in [0.5, 0.6) is 0 Å². The molecule has 1 aliphatic rings. The maximum absolute atomic E-state index is 13.3. The Labute approximate surface area is 203 Å². The fourth-order valence-corrected chi connectivity index (χ4v) is 5.31. The fourth-order valence-electron chi connectivity index (χ4n) is 4.19. The van der Waals surface area contributed by atoms with Gasteiger partial charge in [0.25, 0.3) is 5.56 Å². The van der Waals surface area contributed by atoms with Crippen molar-refractivity contribution in [3.05, 3.63) is 95.9 Å². The molecule has 0 saturated carbocycles. The van der Waals surface area contributed by atoms with E-state index in [4.69, 9.17) is 5.73 Å². The van der Waals surface area contributed by atoms with Gasteiger partial charge in [-0.1, -0.05) is 76.2 Å². The molecule has 34 heavy (non-hydrogen) atoms. The summed E-state index contributed by atoms with van der Waals surface area (Å²) in [6, 6.07) is 20.4. The first kappa shape index (κ1) is 23.3. The van der Waals surface area contributed by atoms with Crippen molar-refractivity contribution in [1.29, 1.82) is 10.5 Å². The average molecular weight is 467 g/mol. The van der Waals surface area contributed by atoms with Crippen molar-refractivity contribution in [2.24, 2.45) is 5.73 Å². The zero-order chi connectivity index (χ0) is 24.6. The van der Waals surface area contributed by atoms with Gasteiger partial charge in [-0.25, -0.2) is 0 Å². The van der Waals surface area contributed by atoms with Crippen molar-refractivity contribution < 1.29 is 0 Å². The molecule has 2 aromatic carbocycles. The molecule has 4 rings (SSSR count). The molecule has 0 radical (unpaired) electrons. The summed E-state index contributed by atoms with van der Waals surface area (Å²) in [6.07, 6.45) is 1.81. The summed E-state index contributed by atoms with van der Waals surface area (Å²) < 4.78 is 2.26. The van der Waals surface area contributed by atoms with Crippen LogP contribution in [0.4, 0.5) is 0 Å². The Morgan fingerprint density at radius 3 is 1.94 bits per heavy atom. The van der Waals surface area contributed by atoms with Gasteiger partial charge >= 0.3 is 0 Å². The second kappa shape index (κ2) is 9.17. The number of rotatable bonds is 4. The first-order chi connectivity index (χ1) is 16.3. The first-order valence-electron chi connectivity index (χ1n) is 11.2. The van der Waals surface area contributed by atoms with Crippen molar-refractivity contribution in [1.82, 2.24) is 4.57 Å². The number of hydrogen-bond acceptors (Lipinski definition) is 5. The predicted molar refractivity (Wildman–Crippen MR) is 137 cm³/mol. The lowest BCUT2D eigenvalue weighted by Crippen LogP contribution is -2.38. The molecule has 0 spiro atoms. The highest BCUT2D eigenvalue weighted by Crippen LogP contribution is 2.36. The van der Waals surface area contributed by atoms with Crippen LogP contribution in [0.1, 0.15) is 67.7 Å². The van der Waals surface area contributed by atoms with Crippen LogP contribution in [0.15, 0.2) is 58.9 Å². The maximum Gasteiger partial charge on any atom is 0.274 e.